The Labute approximate surface area is 187 Å². The molecule has 0 saturated carbocycles. The fourth-order valence-electron chi connectivity index (χ4n) is 3.69. The highest BCUT2D eigenvalue weighted by molar-refractivity contribution is 5.68. The molecule has 1 aromatic carbocycles. The van der Waals surface area contributed by atoms with E-state index in [2.05, 4.69) is 30.1 Å². The van der Waals surface area contributed by atoms with Crippen LogP contribution >= 0.6 is 0 Å². The largest absolute Gasteiger partial charge is 0.493 e. The van der Waals surface area contributed by atoms with E-state index in [1.807, 2.05) is 42.6 Å². The minimum Gasteiger partial charge on any atom is -0.493 e. The first kappa shape index (κ1) is 21.3. The number of nitrogens with two attached hydrogens (primary N) is 1. The molecule has 1 fully saturated rings. The Balaban J connectivity index is 1.51. The third kappa shape index (κ3) is 4.53. The Morgan fingerprint density at radius 1 is 0.844 bits per heavy atom. The van der Waals surface area contributed by atoms with Crippen LogP contribution in [0.4, 0.5) is 29.1 Å². The molecule has 0 aliphatic carbocycles. The molecular formula is C22H27N7O3. The number of hydrogen-bond donors (Lipinski definition) is 2. The first-order valence-corrected chi connectivity index (χ1v) is 10.2. The standard InChI is InChI=1S/C22H27N7O3/c1-30-16-12-15(13-17(31-2)21(16)32-3)25-18-14-20(27-22(23)26-18)29-10-8-28(9-11-29)19-6-4-5-7-24-19/h4-7,12-14H,8-11H2,1-3H3,(H3,23,25,26,27). The van der Waals surface area contributed by atoms with Crippen molar-refractivity contribution >= 4 is 29.1 Å². The van der Waals surface area contributed by atoms with Gasteiger partial charge >= 0.3 is 0 Å². The van der Waals surface area contributed by atoms with Crippen LogP contribution in [0.3, 0.4) is 0 Å². The van der Waals surface area contributed by atoms with E-state index in [0.717, 1.165) is 43.5 Å². The average Bonchev–Trinajstić information content (AvgIpc) is 2.83. The second kappa shape index (κ2) is 9.46. The lowest BCUT2D eigenvalue weighted by molar-refractivity contribution is 0.324. The van der Waals surface area contributed by atoms with Crippen molar-refractivity contribution in [1.82, 2.24) is 15.0 Å². The van der Waals surface area contributed by atoms with E-state index < -0.39 is 0 Å². The predicted molar refractivity (Wildman–Crippen MR) is 124 cm³/mol. The van der Waals surface area contributed by atoms with Gasteiger partial charge in [0, 0.05) is 56.3 Å². The third-order valence-electron chi connectivity index (χ3n) is 5.24. The number of benzene rings is 1. The Kier molecular flexibility index (Phi) is 6.29. The van der Waals surface area contributed by atoms with E-state index in [9.17, 15) is 0 Å². The second-order valence-corrected chi connectivity index (χ2v) is 7.17. The number of anilines is 5. The van der Waals surface area contributed by atoms with Gasteiger partial charge in [-0.3, -0.25) is 0 Å². The first-order valence-electron chi connectivity index (χ1n) is 10.2. The number of rotatable bonds is 7. The topological polar surface area (TPSA) is 111 Å². The van der Waals surface area contributed by atoms with Crippen LogP contribution in [0.25, 0.3) is 0 Å². The molecule has 3 aromatic rings. The van der Waals surface area contributed by atoms with Crippen LogP contribution in [-0.4, -0.2) is 62.5 Å². The second-order valence-electron chi connectivity index (χ2n) is 7.17. The SMILES string of the molecule is COc1cc(Nc2cc(N3CCN(c4ccccn4)CC3)nc(N)n2)cc(OC)c1OC. The molecule has 1 saturated heterocycles. The van der Waals surface area contributed by atoms with Gasteiger partial charge in [-0.1, -0.05) is 6.07 Å². The summed E-state index contributed by atoms with van der Waals surface area (Å²) in [6.07, 6.45) is 1.81. The molecule has 1 aliphatic heterocycles. The van der Waals surface area contributed by atoms with Gasteiger partial charge in [0.15, 0.2) is 11.5 Å². The van der Waals surface area contributed by atoms with Gasteiger partial charge in [0.2, 0.25) is 11.7 Å². The van der Waals surface area contributed by atoms with Gasteiger partial charge in [0.25, 0.3) is 0 Å². The van der Waals surface area contributed by atoms with Crippen molar-refractivity contribution in [3.63, 3.8) is 0 Å². The summed E-state index contributed by atoms with van der Waals surface area (Å²) in [6, 6.07) is 11.5. The van der Waals surface area contributed by atoms with Gasteiger partial charge < -0.3 is 35.1 Å². The molecule has 0 radical (unpaired) electrons. The van der Waals surface area contributed by atoms with E-state index in [1.165, 1.54) is 0 Å². The van der Waals surface area contributed by atoms with Crippen LogP contribution in [0.1, 0.15) is 0 Å². The summed E-state index contributed by atoms with van der Waals surface area (Å²) in [4.78, 5) is 17.7. The van der Waals surface area contributed by atoms with Crippen LogP contribution in [0.2, 0.25) is 0 Å². The van der Waals surface area contributed by atoms with Crippen molar-refractivity contribution in [2.24, 2.45) is 0 Å². The van der Waals surface area contributed by atoms with Gasteiger partial charge in [-0.25, -0.2) is 4.98 Å². The molecule has 0 amide bonds. The number of aromatic nitrogens is 3. The van der Waals surface area contributed by atoms with Gasteiger partial charge in [0.05, 0.1) is 21.3 Å². The van der Waals surface area contributed by atoms with Crippen LogP contribution in [0.15, 0.2) is 42.6 Å². The minimum absolute atomic E-state index is 0.199. The van der Waals surface area contributed by atoms with Crippen LogP contribution in [0.5, 0.6) is 17.2 Å². The van der Waals surface area contributed by atoms with Crippen molar-refractivity contribution in [1.29, 1.82) is 0 Å². The van der Waals surface area contributed by atoms with Crippen molar-refractivity contribution in [3.8, 4) is 17.2 Å². The van der Waals surface area contributed by atoms with E-state index in [4.69, 9.17) is 19.9 Å². The summed E-state index contributed by atoms with van der Waals surface area (Å²) in [7, 11) is 4.72. The van der Waals surface area contributed by atoms with Gasteiger partial charge in [0.1, 0.15) is 17.5 Å². The number of hydrogen-bond acceptors (Lipinski definition) is 10. The number of ether oxygens (including phenoxy) is 3. The van der Waals surface area contributed by atoms with Crippen LogP contribution in [0, 0.1) is 0 Å². The molecule has 0 unspecified atom stereocenters. The zero-order valence-electron chi connectivity index (χ0n) is 18.4. The third-order valence-corrected chi connectivity index (χ3v) is 5.24. The lowest BCUT2D eigenvalue weighted by Crippen LogP contribution is -2.47. The number of pyridine rings is 1. The Morgan fingerprint density at radius 2 is 1.50 bits per heavy atom. The summed E-state index contributed by atoms with van der Waals surface area (Å²) >= 11 is 0. The first-order chi connectivity index (χ1) is 15.6. The zero-order chi connectivity index (χ0) is 22.5. The number of nitrogens with one attached hydrogen (secondary N) is 1. The Bertz CT molecular complexity index is 1030. The molecule has 0 spiro atoms. The minimum atomic E-state index is 0.199. The summed E-state index contributed by atoms with van der Waals surface area (Å²) in [5.74, 6) is 4.14. The van der Waals surface area contributed by atoms with Gasteiger partial charge in [-0.2, -0.15) is 9.97 Å². The maximum absolute atomic E-state index is 6.02. The van der Waals surface area contributed by atoms with Gasteiger partial charge in [-0.05, 0) is 12.1 Å². The van der Waals surface area contributed by atoms with Crippen LogP contribution < -0.4 is 35.1 Å². The summed E-state index contributed by atoms with van der Waals surface area (Å²) < 4.78 is 16.2. The molecule has 10 heteroatoms. The summed E-state index contributed by atoms with van der Waals surface area (Å²) in [5, 5.41) is 3.27. The lowest BCUT2D eigenvalue weighted by Gasteiger charge is -2.36. The maximum Gasteiger partial charge on any atom is 0.223 e. The fourth-order valence-corrected chi connectivity index (χ4v) is 3.69. The molecule has 10 nitrogen and oxygen atoms in total. The number of nitrogens with zero attached hydrogens (tertiary/aromatic N) is 5. The average molecular weight is 438 g/mol. The molecule has 3 heterocycles. The smallest absolute Gasteiger partial charge is 0.223 e. The maximum atomic E-state index is 6.02. The molecule has 32 heavy (non-hydrogen) atoms. The molecule has 4 rings (SSSR count). The van der Waals surface area contributed by atoms with E-state index in [-0.39, 0.29) is 5.95 Å². The van der Waals surface area contributed by atoms with Crippen molar-refractivity contribution < 1.29 is 14.2 Å². The molecule has 168 valence electrons. The van der Waals surface area contributed by atoms with Crippen molar-refractivity contribution in [3.05, 3.63) is 42.6 Å². The number of nitrogen functional groups attached to an aromatic ring is 1. The Morgan fingerprint density at radius 3 is 2.06 bits per heavy atom. The lowest BCUT2D eigenvalue weighted by atomic mass is 10.2. The highest BCUT2D eigenvalue weighted by Crippen LogP contribution is 2.40. The number of methoxy groups -OCH3 is 3. The van der Waals surface area contributed by atoms with Crippen molar-refractivity contribution in [2.75, 3.05) is 68.4 Å². The monoisotopic (exact) mass is 437 g/mol. The normalized spacial score (nSPS) is 13.6. The molecule has 0 atom stereocenters. The predicted octanol–water partition coefficient (Wildman–Crippen LogP) is 2.55. The summed E-state index contributed by atoms with van der Waals surface area (Å²) in [5.41, 5.74) is 6.74. The number of piperazine rings is 1. The molecule has 3 N–H and O–H groups in total. The van der Waals surface area contributed by atoms with E-state index in [1.54, 1.807) is 21.3 Å². The van der Waals surface area contributed by atoms with E-state index >= 15 is 0 Å². The molecule has 0 bridgehead atoms. The molecule has 2 aromatic heterocycles. The van der Waals surface area contributed by atoms with E-state index in [0.29, 0.717) is 23.1 Å². The quantitative estimate of drug-likeness (QED) is 0.572. The fraction of sp³-hybridized carbons (Fsp3) is 0.318. The Hall–Kier alpha value is -3.95. The highest BCUT2D eigenvalue weighted by Gasteiger charge is 2.20. The zero-order valence-corrected chi connectivity index (χ0v) is 18.4. The van der Waals surface area contributed by atoms with Crippen molar-refractivity contribution in [2.45, 2.75) is 0 Å². The molecular weight excluding hydrogens is 410 g/mol. The van der Waals surface area contributed by atoms with Crippen LogP contribution in [-0.2, 0) is 0 Å². The van der Waals surface area contributed by atoms with Gasteiger partial charge in [-0.15, -0.1) is 0 Å². The highest BCUT2D eigenvalue weighted by atomic mass is 16.5. The summed E-state index contributed by atoms with van der Waals surface area (Å²) in [6.45, 7) is 3.29. The molecule has 1 aliphatic rings.